The molecule has 0 heterocycles. The van der Waals surface area contributed by atoms with E-state index in [0.717, 1.165) is 12.8 Å². The van der Waals surface area contributed by atoms with Crippen molar-refractivity contribution in [2.75, 3.05) is 0 Å². The average Bonchev–Trinajstić information content (AvgIpc) is 2.04. The molecule has 0 unspecified atom stereocenters. The number of carbonyl (C=O) groups is 1. The maximum Gasteiger partial charge on any atom is 0.305 e. The third-order valence-electron chi connectivity index (χ3n) is 1.44. The Morgan fingerprint density at radius 2 is 1.50 bits per heavy atom. The molecule has 0 aromatic rings. The molecule has 2 N–H and O–H groups in total. The molecule has 0 saturated carbocycles. The van der Waals surface area contributed by atoms with Gasteiger partial charge in [-0.1, -0.05) is 27.7 Å². The van der Waals surface area contributed by atoms with E-state index in [1.807, 2.05) is 13.8 Å². The van der Waals surface area contributed by atoms with Crippen molar-refractivity contribution in [3.63, 3.8) is 0 Å². The molecule has 0 aromatic heterocycles. The first kappa shape index (κ1) is 14.0. The SMILES string of the molecule is CC(C)C(=O)O.CCC(O)CC. The molecule has 0 bridgehead atoms. The van der Waals surface area contributed by atoms with Gasteiger partial charge in [-0.2, -0.15) is 0 Å². The Labute approximate surface area is 74.4 Å². The molecule has 12 heavy (non-hydrogen) atoms. The van der Waals surface area contributed by atoms with E-state index in [0.29, 0.717) is 0 Å². The van der Waals surface area contributed by atoms with Crippen molar-refractivity contribution in [3.8, 4) is 0 Å². The van der Waals surface area contributed by atoms with Crippen LogP contribution in [0.1, 0.15) is 40.5 Å². The average molecular weight is 176 g/mol. The van der Waals surface area contributed by atoms with Crippen molar-refractivity contribution in [1.82, 2.24) is 0 Å². The summed E-state index contributed by atoms with van der Waals surface area (Å²) in [6.45, 7) is 7.24. The van der Waals surface area contributed by atoms with E-state index in [9.17, 15) is 4.79 Å². The maximum atomic E-state index is 9.70. The zero-order valence-corrected chi connectivity index (χ0v) is 8.37. The quantitative estimate of drug-likeness (QED) is 0.690. The lowest BCUT2D eigenvalue weighted by Crippen LogP contribution is -2.03. The van der Waals surface area contributed by atoms with Gasteiger partial charge in [0.1, 0.15) is 0 Å². The fourth-order valence-corrected chi connectivity index (χ4v) is 0.289. The normalized spacial score (nSPS) is 9.58. The molecule has 74 valence electrons. The van der Waals surface area contributed by atoms with Crippen molar-refractivity contribution in [1.29, 1.82) is 0 Å². The van der Waals surface area contributed by atoms with Crippen LogP contribution in [-0.2, 0) is 4.79 Å². The third kappa shape index (κ3) is 12.1. The second kappa shape index (κ2) is 8.53. The monoisotopic (exact) mass is 176 g/mol. The van der Waals surface area contributed by atoms with Crippen LogP contribution in [0.15, 0.2) is 0 Å². The number of carboxylic acid groups (broad SMARTS) is 1. The van der Waals surface area contributed by atoms with Crippen LogP contribution in [0.4, 0.5) is 0 Å². The topological polar surface area (TPSA) is 57.5 Å². The van der Waals surface area contributed by atoms with Gasteiger partial charge in [-0.05, 0) is 12.8 Å². The lowest BCUT2D eigenvalue weighted by atomic mass is 10.2. The highest BCUT2D eigenvalue weighted by Crippen LogP contribution is 1.92. The second-order valence-electron chi connectivity index (χ2n) is 2.96. The summed E-state index contributed by atoms with van der Waals surface area (Å²) in [6.07, 6.45) is 1.71. The molecular formula is C9H20O3. The van der Waals surface area contributed by atoms with Gasteiger partial charge >= 0.3 is 5.97 Å². The molecule has 0 saturated heterocycles. The summed E-state index contributed by atoms with van der Waals surface area (Å²) < 4.78 is 0. The zero-order chi connectivity index (χ0) is 10.1. The fraction of sp³-hybridized carbons (Fsp3) is 0.889. The molecule has 0 aliphatic rings. The maximum absolute atomic E-state index is 9.70. The first-order chi connectivity index (χ1) is 5.45. The number of rotatable bonds is 3. The van der Waals surface area contributed by atoms with Gasteiger partial charge in [0.25, 0.3) is 0 Å². The van der Waals surface area contributed by atoms with Gasteiger partial charge in [0.05, 0.1) is 12.0 Å². The van der Waals surface area contributed by atoms with Gasteiger partial charge < -0.3 is 10.2 Å². The summed E-state index contributed by atoms with van der Waals surface area (Å²) in [5, 5.41) is 16.7. The van der Waals surface area contributed by atoms with Crippen molar-refractivity contribution in [2.24, 2.45) is 5.92 Å². The fourth-order valence-electron chi connectivity index (χ4n) is 0.289. The van der Waals surface area contributed by atoms with Gasteiger partial charge in [0.15, 0.2) is 0 Å². The van der Waals surface area contributed by atoms with Crippen molar-refractivity contribution in [2.45, 2.75) is 46.6 Å². The summed E-state index contributed by atoms with van der Waals surface area (Å²) in [5.41, 5.74) is 0. The number of aliphatic carboxylic acids is 1. The van der Waals surface area contributed by atoms with Crippen LogP contribution in [0.25, 0.3) is 0 Å². The minimum Gasteiger partial charge on any atom is -0.481 e. The minimum atomic E-state index is -0.741. The van der Waals surface area contributed by atoms with Crippen LogP contribution in [-0.4, -0.2) is 22.3 Å². The predicted octanol–water partition coefficient (Wildman–Crippen LogP) is 1.89. The van der Waals surface area contributed by atoms with Crippen LogP contribution in [0.5, 0.6) is 0 Å². The number of aliphatic hydroxyl groups is 1. The standard InChI is InChI=1S/C5H12O.C4H8O2/c1-3-5(6)4-2;1-3(2)4(5)6/h5-6H,3-4H2,1-2H3;3H,1-2H3,(H,5,6). The van der Waals surface area contributed by atoms with E-state index < -0.39 is 5.97 Å². The molecule has 3 nitrogen and oxygen atoms in total. The van der Waals surface area contributed by atoms with Crippen LogP contribution in [0.3, 0.4) is 0 Å². The highest BCUT2D eigenvalue weighted by Gasteiger charge is 1.99. The predicted molar refractivity (Wildman–Crippen MR) is 49.1 cm³/mol. The van der Waals surface area contributed by atoms with Crippen LogP contribution in [0.2, 0.25) is 0 Å². The molecule has 0 aromatic carbocycles. The first-order valence-corrected chi connectivity index (χ1v) is 4.36. The lowest BCUT2D eigenvalue weighted by Gasteiger charge is -1.98. The zero-order valence-electron chi connectivity index (χ0n) is 8.37. The Bertz CT molecular complexity index is 106. The molecule has 0 spiro atoms. The number of hydrogen-bond donors (Lipinski definition) is 2. The third-order valence-corrected chi connectivity index (χ3v) is 1.44. The lowest BCUT2D eigenvalue weighted by molar-refractivity contribution is -0.140. The summed E-state index contributed by atoms with van der Waals surface area (Å²) in [4.78, 5) is 9.70. The van der Waals surface area contributed by atoms with Gasteiger partial charge in [0, 0.05) is 0 Å². The van der Waals surface area contributed by atoms with E-state index in [4.69, 9.17) is 10.2 Å². The molecule has 0 amide bonds. The molecular weight excluding hydrogens is 156 g/mol. The molecule has 0 radical (unpaired) electrons. The summed E-state index contributed by atoms with van der Waals surface area (Å²) >= 11 is 0. The number of hydrogen-bond acceptors (Lipinski definition) is 2. The largest absolute Gasteiger partial charge is 0.481 e. The number of carboxylic acids is 1. The van der Waals surface area contributed by atoms with Crippen LogP contribution in [0, 0.1) is 5.92 Å². The molecule has 0 aliphatic carbocycles. The second-order valence-corrected chi connectivity index (χ2v) is 2.96. The van der Waals surface area contributed by atoms with E-state index in [1.165, 1.54) is 0 Å². The van der Waals surface area contributed by atoms with Gasteiger partial charge in [-0.25, -0.2) is 0 Å². The first-order valence-electron chi connectivity index (χ1n) is 4.36. The Morgan fingerprint density at radius 3 is 1.50 bits per heavy atom. The van der Waals surface area contributed by atoms with E-state index in [2.05, 4.69) is 0 Å². The van der Waals surface area contributed by atoms with Gasteiger partial charge in [0.2, 0.25) is 0 Å². The van der Waals surface area contributed by atoms with Crippen molar-refractivity contribution in [3.05, 3.63) is 0 Å². The minimum absolute atomic E-state index is 0.0648. The van der Waals surface area contributed by atoms with Crippen LogP contribution >= 0.6 is 0 Å². The summed E-state index contributed by atoms with van der Waals surface area (Å²) in [6, 6.07) is 0. The highest BCUT2D eigenvalue weighted by molar-refractivity contribution is 5.68. The highest BCUT2D eigenvalue weighted by atomic mass is 16.4. The number of aliphatic hydroxyl groups excluding tert-OH is 1. The van der Waals surface area contributed by atoms with E-state index in [1.54, 1.807) is 13.8 Å². The smallest absolute Gasteiger partial charge is 0.305 e. The Balaban J connectivity index is 0. The molecule has 0 fully saturated rings. The Kier molecular flexibility index (Phi) is 9.93. The van der Waals surface area contributed by atoms with Gasteiger partial charge in [-0.15, -0.1) is 0 Å². The Hall–Kier alpha value is -0.570. The van der Waals surface area contributed by atoms with Gasteiger partial charge in [-0.3, -0.25) is 4.79 Å². The summed E-state index contributed by atoms with van der Waals surface area (Å²) in [7, 11) is 0. The van der Waals surface area contributed by atoms with Crippen molar-refractivity contribution < 1.29 is 15.0 Å². The molecule has 0 rings (SSSR count). The van der Waals surface area contributed by atoms with E-state index in [-0.39, 0.29) is 12.0 Å². The molecule has 0 aliphatic heterocycles. The van der Waals surface area contributed by atoms with Crippen molar-refractivity contribution >= 4 is 5.97 Å². The molecule has 0 atom stereocenters. The summed E-state index contributed by atoms with van der Waals surface area (Å²) in [5.74, 6) is -0.972. The Morgan fingerprint density at radius 1 is 1.25 bits per heavy atom. The van der Waals surface area contributed by atoms with E-state index >= 15 is 0 Å². The van der Waals surface area contributed by atoms with Crippen LogP contribution < -0.4 is 0 Å². The molecule has 3 heteroatoms.